The van der Waals surface area contributed by atoms with Gasteiger partial charge in [0.05, 0.1) is 11.5 Å². The first-order valence-electron chi connectivity index (χ1n) is 6.49. The maximum absolute atomic E-state index is 12.2. The number of hydrogen-bond acceptors (Lipinski definition) is 3. The Morgan fingerprint density at radius 2 is 1.95 bits per heavy atom. The lowest BCUT2D eigenvalue weighted by atomic mass is 9.81. The molecule has 0 amide bonds. The van der Waals surface area contributed by atoms with Gasteiger partial charge in [0.2, 0.25) is 10.0 Å². The Morgan fingerprint density at radius 1 is 1.35 bits per heavy atom. The van der Waals surface area contributed by atoms with Crippen molar-refractivity contribution in [1.29, 1.82) is 0 Å². The van der Waals surface area contributed by atoms with Gasteiger partial charge < -0.3 is 5.11 Å². The van der Waals surface area contributed by atoms with E-state index in [1.807, 2.05) is 13.8 Å². The second kappa shape index (κ2) is 6.43. The van der Waals surface area contributed by atoms with Gasteiger partial charge in [0, 0.05) is 11.6 Å². The normalized spacial score (nSPS) is 12.9. The van der Waals surface area contributed by atoms with Gasteiger partial charge in [-0.2, -0.15) is 0 Å². The molecule has 1 aromatic rings. The summed E-state index contributed by atoms with van der Waals surface area (Å²) in [6.45, 7) is 8.28. The lowest BCUT2D eigenvalue weighted by Gasteiger charge is -2.29. The SMILES string of the molecule is CC(C)C(C)(C)CNS(=O)(=O)c1ccc(CO)c(Cl)c1. The summed E-state index contributed by atoms with van der Waals surface area (Å²) >= 11 is 5.92. The van der Waals surface area contributed by atoms with Crippen LogP contribution in [0.4, 0.5) is 0 Å². The minimum atomic E-state index is -3.59. The molecule has 0 aliphatic rings. The Hall–Kier alpha value is -0.620. The molecule has 1 rings (SSSR count). The van der Waals surface area contributed by atoms with Crippen LogP contribution < -0.4 is 4.72 Å². The Morgan fingerprint density at radius 3 is 2.40 bits per heavy atom. The first-order valence-corrected chi connectivity index (χ1v) is 8.35. The minimum Gasteiger partial charge on any atom is -0.392 e. The van der Waals surface area contributed by atoms with Crippen molar-refractivity contribution in [2.24, 2.45) is 11.3 Å². The van der Waals surface area contributed by atoms with Crippen LogP contribution in [-0.2, 0) is 16.6 Å². The molecule has 1 aromatic carbocycles. The van der Waals surface area contributed by atoms with E-state index in [0.29, 0.717) is 18.0 Å². The number of benzene rings is 1. The van der Waals surface area contributed by atoms with Gasteiger partial charge in [-0.25, -0.2) is 13.1 Å². The molecule has 6 heteroatoms. The molecule has 0 heterocycles. The smallest absolute Gasteiger partial charge is 0.240 e. The number of halogens is 1. The van der Waals surface area contributed by atoms with E-state index in [1.54, 1.807) is 0 Å². The summed E-state index contributed by atoms with van der Waals surface area (Å²) < 4.78 is 27.1. The highest BCUT2D eigenvalue weighted by atomic mass is 35.5. The van der Waals surface area contributed by atoms with E-state index < -0.39 is 10.0 Å². The van der Waals surface area contributed by atoms with E-state index >= 15 is 0 Å². The molecule has 0 bridgehead atoms. The van der Waals surface area contributed by atoms with Crippen LogP contribution in [0.3, 0.4) is 0 Å². The maximum atomic E-state index is 12.2. The standard InChI is InChI=1S/C14H22ClNO3S/c1-10(2)14(3,4)9-16-20(18,19)12-6-5-11(8-17)13(15)7-12/h5-7,10,16-17H,8-9H2,1-4H3. The van der Waals surface area contributed by atoms with Crippen molar-refractivity contribution < 1.29 is 13.5 Å². The zero-order valence-corrected chi connectivity index (χ0v) is 13.8. The highest BCUT2D eigenvalue weighted by Crippen LogP contribution is 2.26. The quantitative estimate of drug-likeness (QED) is 0.847. The summed E-state index contributed by atoms with van der Waals surface area (Å²) in [5.41, 5.74) is 0.371. The molecule has 4 nitrogen and oxygen atoms in total. The molecule has 0 atom stereocenters. The fourth-order valence-electron chi connectivity index (χ4n) is 1.39. The fraction of sp³-hybridized carbons (Fsp3) is 0.571. The fourth-order valence-corrected chi connectivity index (χ4v) is 2.95. The molecular formula is C14H22ClNO3S. The third kappa shape index (κ3) is 4.19. The van der Waals surface area contributed by atoms with Crippen molar-refractivity contribution in [3.05, 3.63) is 28.8 Å². The lowest BCUT2D eigenvalue weighted by molar-refractivity contribution is 0.252. The summed E-state index contributed by atoms with van der Waals surface area (Å²) in [6.07, 6.45) is 0. The Labute approximate surface area is 126 Å². The van der Waals surface area contributed by atoms with Crippen molar-refractivity contribution >= 4 is 21.6 Å². The second-order valence-corrected chi connectivity index (χ2v) is 8.05. The molecule has 0 aromatic heterocycles. The third-order valence-corrected chi connectivity index (χ3v) is 5.54. The Bertz CT molecular complexity index is 568. The van der Waals surface area contributed by atoms with E-state index in [2.05, 4.69) is 18.6 Å². The van der Waals surface area contributed by atoms with Gasteiger partial charge >= 0.3 is 0 Å². The van der Waals surface area contributed by atoms with Gasteiger partial charge in [-0.15, -0.1) is 0 Å². The van der Waals surface area contributed by atoms with Gasteiger partial charge in [0.25, 0.3) is 0 Å². The molecule has 0 spiro atoms. The van der Waals surface area contributed by atoms with Crippen LogP contribution in [0.2, 0.25) is 5.02 Å². The van der Waals surface area contributed by atoms with E-state index in [0.717, 1.165) is 0 Å². The number of aliphatic hydroxyl groups excluding tert-OH is 1. The molecule has 0 fully saturated rings. The topological polar surface area (TPSA) is 66.4 Å². The van der Waals surface area contributed by atoms with Crippen LogP contribution in [0.5, 0.6) is 0 Å². The van der Waals surface area contributed by atoms with Crippen LogP contribution >= 0.6 is 11.6 Å². The first-order chi connectivity index (χ1) is 9.10. The van der Waals surface area contributed by atoms with E-state index in [-0.39, 0.29) is 21.9 Å². The lowest BCUT2D eigenvalue weighted by Crippen LogP contribution is -2.36. The molecule has 20 heavy (non-hydrogen) atoms. The average Bonchev–Trinajstić information content (AvgIpc) is 2.36. The van der Waals surface area contributed by atoms with Gasteiger partial charge in [-0.3, -0.25) is 0 Å². The zero-order valence-electron chi connectivity index (χ0n) is 12.3. The van der Waals surface area contributed by atoms with E-state index in [9.17, 15) is 8.42 Å². The molecule has 0 saturated heterocycles. The number of hydrogen-bond donors (Lipinski definition) is 2. The van der Waals surface area contributed by atoms with Crippen molar-refractivity contribution in [3.8, 4) is 0 Å². The zero-order chi connectivity index (χ0) is 15.6. The van der Waals surface area contributed by atoms with Crippen LogP contribution in [0.1, 0.15) is 33.3 Å². The molecule has 0 unspecified atom stereocenters. The van der Waals surface area contributed by atoms with Crippen LogP contribution in [0, 0.1) is 11.3 Å². The van der Waals surface area contributed by atoms with Gasteiger partial charge in [-0.1, -0.05) is 45.4 Å². The van der Waals surface area contributed by atoms with E-state index in [4.69, 9.17) is 16.7 Å². The number of aliphatic hydroxyl groups is 1. The molecule has 0 radical (unpaired) electrons. The van der Waals surface area contributed by atoms with Crippen LogP contribution in [0.25, 0.3) is 0 Å². The van der Waals surface area contributed by atoms with Gasteiger partial charge in [-0.05, 0) is 29.0 Å². The van der Waals surface area contributed by atoms with Crippen LogP contribution in [0.15, 0.2) is 23.1 Å². The van der Waals surface area contributed by atoms with Crippen molar-refractivity contribution in [2.45, 2.75) is 39.2 Å². The maximum Gasteiger partial charge on any atom is 0.240 e. The summed E-state index contributed by atoms with van der Waals surface area (Å²) in [6, 6.07) is 4.32. The highest BCUT2D eigenvalue weighted by molar-refractivity contribution is 7.89. The van der Waals surface area contributed by atoms with Gasteiger partial charge in [0.15, 0.2) is 0 Å². The first kappa shape index (κ1) is 17.4. The summed E-state index contributed by atoms with van der Waals surface area (Å²) in [4.78, 5) is 0.110. The predicted molar refractivity (Wildman–Crippen MR) is 81.2 cm³/mol. The predicted octanol–water partition coefficient (Wildman–Crippen LogP) is 2.79. The average molecular weight is 320 g/mol. The Kier molecular flexibility index (Phi) is 5.61. The highest BCUT2D eigenvalue weighted by Gasteiger charge is 2.25. The second-order valence-electron chi connectivity index (χ2n) is 5.88. The van der Waals surface area contributed by atoms with Gasteiger partial charge in [0.1, 0.15) is 0 Å². The van der Waals surface area contributed by atoms with Crippen molar-refractivity contribution in [2.75, 3.05) is 6.54 Å². The number of sulfonamides is 1. The molecule has 2 N–H and O–H groups in total. The monoisotopic (exact) mass is 319 g/mol. The molecular weight excluding hydrogens is 298 g/mol. The molecule has 0 saturated carbocycles. The largest absolute Gasteiger partial charge is 0.392 e. The Balaban J connectivity index is 2.92. The van der Waals surface area contributed by atoms with E-state index in [1.165, 1.54) is 18.2 Å². The molecule has 0 aliphatic carbocycles. The number of rotatable bonds is 6. The summed E-state index contributed by atoms with van der Waals surface area (Å²) in [5, 5.41) is 9.28. The van der Waals surface area contributed by atoms with Crippen LogP contribution in [-0.4, -0.2) is 20.1 Å². The number of nitrogens with one attached hydrogen (secondary N) is 1. The van der Waals surface area contributed by atoms with Crippen molar-refractivity contribution in [3.63, 3.8) is 0 Å². The summed E-state index contributed by atoms with van der Waals surface area (Å²) in [5.74, 6) is 0.352. The minimum absolute atomic E-state index is 0.110. The molecule has 114 valence electrons. The molecule has 0 aliphatic heterocycles. The summed E-state index contributed by atoms with van der Waals surface area (Å²) in [7, 11) is -3.59. The van der Waals surface area contributed by atoms with Crippen molar-refractivity contribution in [1.82, 2.24) is 4.72 Å². The third-order valence-electron chi connectivity index (χ3n) is 3.79.